The van der Waals surface area contributed by atoms with E-state index < -0.39 is 17.8 Å². The smallest absolute Gasteiger partial charge is 0.254 e. The summed E-state index contributed by atoms with van der Waals surface area (Å²) in [6.45, 7) is 0.136. The van der Waals surface area contributed by atoms with E-state index >= 15 is 4.39 Å². The molecule has 0 aliphatic heterocycles. The molecule has 4 rings (SSSR count). The van der Waals surface area contributed by atoms with Gasteiger partial charge in [-0.2, -0.15) is 0 Å². The molecule has 0 radical (unpaired) electrons. The van der Waals surface area contributed by atoms with Gasteiger partial charge in [0.1, 0.15) is 17.3 Å². The summed E-state index contributed by atoms with van der Waals surface area (Å²) in [7, 11) is 1.73. The summed E-state index contributed by atoms with van der Waals surface area (Å²) in [5, 5.41) is 3.30. The number of nitrogen functional groups attached to an aromatic ring is 1. The highest BCUT2D eigenvalue weighted by Gasteiger charge is 2.25. The number of benzene rings is 2. The van der Waals surface area contributed by atoms with Gasteiger partial charge in [0, 0.05) is 30.2 Å². The Kier molecular flexibility index (Phi) is 7.95. The van der Waals surface area contributed by atoms with Gasteiger partial charge >= 0.3 is 0 Å². The van der Waals surface area contributed by atoms with Gasteiger partial charge < -0.3 is 21.5 Å². The molecule has 184 valence electrons. The molecule has 0 bridgehead atoms. The average molecular weight is 498 g/mol. The van der Waals surface area contributed by atoms with Crippen LogP contribution in [-0.4, -0.2) is 35.6 Å². The molecule has 1 saturated carbocycles. The van der Waals surface area contributed by atoms with Crippen LogP contribution in [0.1, 0.15) is 59.3 Å². The van der Waals surface area contributed by atoms with Crippen LogP contribution < -0.4 is 16.8 Å². The van der Waals surface area contributed by atoms with Crippen molar-refractivity contribution in [1.29, 1.82) is 0 Å². The first-order chi connectivity index (χ1) is 16.9. The average Bonchev–Trinajstić information content (AvgIpc) is 2.87. The van der Waals surface area contributed by atoms with Crippen molar-refractivity contribution in [2.24, 2.45) is 5.73 Å². The van der Waals surface area contributed by atoms with Crippen LogP contribution in [0.25, 0.3) is 11.3 Å². The summed E-state index contributed by atoms with van der Waals surface area (Å²) in [6, 6.07) is 10.8. The van der Waals surface area contributed by atoms with Crippen molar-refractivity contribution in [2.45, 2.75) is 43.7 Å². The van der Waals surface area contributed by atoms with Crippen molar-refractivity contribution in [3.63, 3.8) is 0 Å². The third kappa shape index (κ3) is 5.78. The molecule has 1 atom stereocenters. The Hall–Kier alpha value is -3.07. The second-order valence-electron chi connectivity index (χ2n) is 8.75. The predicted octanol–water partition coefficient (Wildman–Crippen LogP) is 4.62. The van der Waals surface area contributed by atoms with E-state index in [-0.39, 0.29) is 29.9 Å². The largest absolute Gasteiger partial charge is 0.382 e. The summed E-state index contributed by atoms with van der Waals surface area (Å²) in [5.41, 5.74) is 14.3. The molecule has 1 aliphatic carbocycles. The minimum absolute atomic E-state index is 0.102. The second kappa shape index (κ2) is 11.1. The Balaban J connectivity index is 1.53. The molecule has 7 nitrogen and oxygen atoms in total. The van der Waals surface area contributed by atoms with E-state index in [9.17, 15) is 4.79 Å². The van der Waals surface area contributed by atoms with Crippen LogP contribution in [0.15, 0.2) is 48.7 Å². The Bertz CT molecular complexity index is 1200. The Labute approximate surface area is 209 Å². The third-order valence-corrected chi connectivity index (χ3v) is 6.76. The van der Waals surface area contributed by atoms with Crippen LogP contribution in [-0.2, 0) is 4.74 Å². The van der Waals surface area contributed by atoms with Crippen LogP contribution in [0.5, 0.6) is 0 Å². The van der Waals surface area contributed by atoms with Gasteiger partial charge in [-0.05, 0) is 55.5 Å². The first kappa shape index (κ1) is 25.0. The number of nitrogens with two attached hydrogens (primary N) is 2. The molecular formula is C26H29ClFN5O2. The number of halogens is 2. The molecule has 35 heavy (non-hydrogen) atoms. The number of carbonyl (C=O) groups is 1. The Morgan fingerprint density at radius 1 is 1.23 bits per heavy atom. The first-order valence-electron chi connectivity index (χ1n) is 11.6. The van der Waals surface area contributed by atoms with Crippen LogP contribution in [0, 0.1) is 5.82 Å². The maximum atomic E-state index is 15.1. The van der Waals surface area contributed by atoms with Gasteiger partial charge in [0.15, 0.2) is 0 Å². The molecule has 3 aromatic rings. The normalized spacial score (nSPS) is 18.7. The topological polar surface area (TPSA) is 116 Å². The summed E-state index contributed by atoms with van der Waals surface area (Å²) < 4.78 is 20.5. The predicted molar refractivity (Wildman–Crippen MR) is 135 cm³/mol. The van der Waals surface area contributed by atoms with Gasteiger partial charge in [-0.25, -0.2) is 14.4 Å². The summed E-state index contributed by atoms with van der Waals surface area (Å²) in [6.07, 6.45) is 5.77. The molecule has 1 aliphatic rings. The van der Waals surface area contributed by atoms with Crippen molar-refractivity contribution in [3.8, 4) is 11.3 Å². The summed E-state index contributed by atoms with van der Waals surface area (Å²) in [4.78, 5) is 21.8. The zero-order valence-electron chi connectivity index (χ0n) is 19.5. The van der Waals surface area contributed by atoms with E-state index in [0.29, 0.717) is 16.3 Å². The van der Waals surface area contributed by atoms with Gasteiger partial charge in [0.05, 0.1) is 29.6 Å². The van der Waals surface area contributed by atoms with Crippen molar-refractivity contribution in [3.05, 3.63) is 76.3 Å². The number of methoxy groups -OCH3 is 1. The lowest BCUT2D eigenvalue weighted by Gasteiger charge is -2.27. The molecule has 1 amide bonds. The number of nitrogens with one attached hydrogen (secondary N) is 1. The van der Waals surface area contributed by atoms with Crippen LogP contribution >= 0.6 is 11.6 Å². The maximum absolute atomic E-state index is 15.1. The van der Waals surface area contributed by atoms with E-state index in [1.165, 1.54) is 12.1 Å². The molecule has 1 aromatic heterocycles. The quantitative estimate of drug-likeness (QED) is 0.438. The highest BCUT2D eigenvalue weighted by Crippen LogP contribution is 2.34. The fourth-order valence-electron chi connectivity index (χ4n) is 4.50. The number of hydrogen-bond acceptors (Lipinski definition) is 6. The van der Waals surface area contributed by atoms with Crippen molar-refractivity contribution < 1.29 is 13.9 Å². The van der Waals surface area contributed by atoms with Crippen molar-refractivity contribution in [1.82, 2.24) is 15.3 Å². The molecule has 0 spiro atoms. The minimum atomic E-state index is -0.686. The number of hydrogen-bond donors (Lipinski definition) is 3. The molecule has 2 aromatic carbocycles. The highest BCUT2D eigenvalue weighted by molar-refractivity contribution is 6.30. The lowest BCUT2D eigenvalue weighted by atomic mass is 9.85. The van der Waals surface area contributed by atoms with Gasteiger partial charge in [0.2, 0.25) is 0 Å². The number of aromatic nitrogens is 2. The fourth-order valence-corrected chi connectivity index (χ4v) is 4.70. The first-order valence-corrected chi connectivity index (χ1v) is 12.0. The van der Waals surface area contributed by atoms with Crippen LogP contribution in [0.3, 0.4) is 0 Å². The SMILES string of the molecule is COC1CCC(c2cnc(N)c(-c3ccc(C(=O)NC(CN)c4cccc(Cl)c4)c(F)c3)n2)CC1. The maximum Gasteiger partial charge on any atom is 0.254 e. The molecule has 1 unspecified atom stereocenters. The van der Waals surface area contributed by atoms with Gasteiger partial charge in [0.25, 0.3) is 5.91 Å². The van der Waals surface area contributed by atoms with Gasteiger partial charge in [-0.15, -0.1) is 0 Å². The Morgan fingerprint density at radius 2 is 2.00 bits per heavy atom. The zero-order valence-corrected chi connectivity index (χ0v) is 20.3. The molecule has 1 fully saturated rings. The minimum Gasteiger partial charge on any atom is -0.382 e. The summed E-state index contributed by atoms with van der Waals surface area (Å²) >= 11 is 6.05. The lowest BCUT2D eigenvalue weighted by molar-refractivity contribution is 0.0655. The number of anilines is 1. The van der Waals surface area contributed by atoms with Crippen LogP contribution in [0.4, 0.5) is 10.2 Å². The highest BCUT2D eigenvalue weighted by atomic mass is 35.5. The fraction of sp³-hybridized carbons (Fsp3) is 0.346. The third-order valence-electron chi connectivity index (χ3n) is 6.52. The van der Waals surface area contributed by atoms with E-state index in [2.05, 4.69) is 10.3 Å². The Morgan fingerprint density at radius 3 is 2.66 bits per heavy atom. The van der Waals surface area contributed by atoms with Gasteiger partial charge in [-0.3, -0.25) is 4.79 Å². The lowest BCUT2D eigenvalue weighted by Crippen LogP contribution is -2.33. The van der Waals surface area contributed by atoms with Gasteiger partial charge in [-0.1, -0.05) is 29.8 Å². The van der Waals surface area contributed by atoms with E-state index in [0.717, 1.165) is 36.9 Å². The molecule has 5 N–H and O–H groups in total. The number of rotatable bonds is 7. The molecule has 0 saturated heterocycles. The number of ether oxygens (including phenoxy) is 1. The van der Waals surface area contributed by atoms with Crippen molar-refractivity contribution in [2.75, 3.05) is 19.4 Å². The second-order valence-corrected chi connectivity index (χ2v) is 9.19. The van der Waals surface area contributed by atoms with Crippen LogP contribution in [0.2, 0.25) is 5.02 Å². The standard InChI is InChI=1S/C26H29ClFN5O2/c1-35-19-8-5-15(6-9-19)23-14-31-25(30)24(32-23)17-7-10-20(21(28)12-17)26(34)33-22(13-29)16-3-2-4-18(27)11-16/h2-4,7,10-12,14-15,19,22H,5-6,8-9,13,29H2,1H3,(H2,30,31)(H,33,34). The van der Waals surface area contributed by atoms with E-state index in [1.54, 1.807) is 43.6 Å². The van der Waals surface area contributed by atoms with Crippen molar-refractivity contribution >= 4 is 23.3 Å². The molecule has 1 heterocycles. The molecular weight excluding hydrogens is 469 g/mol. The number of carbonyl (C=O) groups excluding carboxylic acids is 1. The van der Waals surface area contributed by atoms with E-state index in [1.807, 2.05) is 0 Å². The number of nitrogens with zero attached hydrogens (tertiary/aromatic N) is 2. The van der Waals surface area contributed by atoms with E-state index in [4.69, 9.17) is 32.8 Å². The monoisotopic (exact) mass is 497 g/mol. The molecule has 9 heteroatoms. The number of amides is 1. The summed E-state index contributed by atoms with van der Waals surface area (Å²) in [5.74, 6) is -0.802. The zero-order chi connectivity index (χ0) is 24.9.